The van der Waals surface area contributed by atoms with Crippen molar-refractivity contribution < 1.29 is 9.53 Å². The summed E-state index contributed by atoms with van der Waals surface area (Å²) in [4.78, 5) is 12.3. The number of rotatable bonds is 4. The Morgan fingerprint density at radius 2 is 1.96 bits per heavy atom. The minimum absolute atomic E-state index is 0.320. The lowest BCUT2D eigenvalue weighted by atomic mass is 9.81. The van der Waals surface area contributed by atoms with E-state index in [2.05, 4.69) is 25.9 Å². The van der Waals surface area contributed by atoms with Crippen LogP contribution in [0.1, 0.15) is 58.7 Å². The van der Waals surface area contributed by atoms with E-state index >= 15 is 0 Å². The Balaban J connectivity index is 1.71. The monoisotopic (exact) mass is 360 g/mol. The van der Waals surface area contributed by atoms with Gasteiger partial charge in [-0.25, -0.2) is 4.79 Å². The van der Waals surface area contributed by atoms with Gasteiger partial charge < -0.3 is 15.4 Å². The van der Waals surface area contributed by atoms with E-state index in [4.69, 9.17) is 4.74 Å². The van der Waals surface area contributed by atoms with Crippen molar-refractivity contribution in [3.63, 3.8) is 0 Å². The average molecular weight is 360 g/mol. The van der Waals surface area contributed by atoms with E-state index in [1.165, 1.54) is 6.42 Å². The van der Waals surface area contributed by atoms with Crippen molar-refractivity contribution in [3.8, 4) is 0 Å². The number of alkyl carbamates (subject to hydrolysis) is 1. The van der Waals surface area contributed by atoms with Gasteiger partial charge in [-0.1, -0.05) is 19.3 Å². The van der Waals surface area contributed by atoms with E-state index in [0.717, 1.165) is 37.3 Å². The van der Waals surface area contributed by atoms with Crippen LogP contribution in [0.2, 0.25) is 0 Å². The molecule has 1 aliphatic carbocycles. The summed E-state index contributed by atoms with van der Waals surface area (Å²) in [5.74, 6) is 1.47. The van der Waals surface area contributed by atoms with Crippen LogP contribution in [0.25, 0.3) is 5.65 Å². The number of carbonyl (C=O) groups is 1. The molecule has 0 bridgehead atoms. The first-order valence-corrected chi connectivity index (χ1v) is 9.21. The fourth-order valence-corrected chi connectivity index (χ4v) is 3.34. The normalized spacial score (nSPS) is 17.1. The Morgan fingerprint density at radius 3 is 2.65 bits per heavy atom. The molecule has 1 aliphatic rings. The maximum Gasteiger partial charge on any atom is 0.408 e. The number of aryl methyl sites for hydroxylation is 1. The summed E-state index contributed by atoms with van der Waals surface area (Å²) < 4.78 is 7.17. The summed E-state index contributed by atoms with van der Waals surface area (Å²) >= 11 is 0. The zero-order valence-electron chi connectivity index (χ0n) is 16.0. The second-order valence-corrected chi connectivity index (χ2v) is 8.06. The Kier molecular flexibility index (Phi) is 5.02. The lowest BCUT2D eigenvalue weighted by molar-refractivity contribution is 0.0434. The molecule has 1 fully saturated rings. The number of ether oxygens (including phenoxy) is 1. The molecular weight excluding hydrogens is 332 g/mol. The smallest absolute Gasteiger partial charge is 0.408 e. The van der Waals surface area contributed by atoms with Crippen molar-refractivity contribution in [2.75, 3.05) is 11.9 Å². The molecule has 2 aromatic heterocycles. The molecule has 1 saturated carbocycles. The van der Waals surface area contributed by atoms with Gasteiger partial charge >= 0.3 is 6.09 Å². The summed E-state index contributed by atoms with van der Waals surface area (Å²) in [5, 5.41) is 19.1. The number of fused-ring (bicyclic) bond motifs is 1. The van der Waals surface area contributed by atoms with Gasteiger partial charge in [-0.2, -0.15) is 4.52 Å². The Hall–Kier alpha value is -2.38. The van der Waals surface area contributed by atoms with Crippen LogP contribution in [0.5, 0.6) is 0 Å². The van der Waals surface area contributed by atoms with Crippen molar-refractivity contribution in [1.82, 2.24) is 25.1 Å². The maximum atomic E-state index is 12.3. The van der Waals surface area contributed by atoms with E-state index in [9.17, 15) is 4.79 Å². The molecule has 142 valence electrons. The first kappa shape index (κ1) is 18.4. The SMILES string of the molecule is Cc1nnc2ccc(NCC3(NC(=O)OC(C)(C)C)CCCCC3)nn12. The van der Waals surface area contributed by atoms with Crippen LogP contribution in [0.4, 0.5) is 10.6 Å². The highest BCUT2D eigenvalue weighted by Crippen LogP contribution is 2.29. The quantitative estimate of drug-likeness (QED) is 0.870. The minimum atomic E-state index is -0.508. The van der Waals surface area contributed by atoms with Crippen molar-refractivity contribution in [2.45, 2.75) is 70.9 Å². The summed E-state index contributed by atoms with van der Waals surface area (Å²) in [5.41, 5.74) is -0.113. The standard InChI is InChI=1S/C18H28N6O2/c1-13-21-22-15-9-8-14(23-24(13)15)19-12-18(10-6-5-7-11-18)20-16(25)26-17(2,3)4/h8-9H,5-7,10-12H2,1-4H3,(H,19,23)(H,20,25). The van der Waals surface area contributed by atoms with Crippen molar-refractivity contribution in [3.05, 3.63) is 18.0 Å². The lowest BCUT2D eigenvalue weighted by Gasteiger charge is -2.38. The fourth-order valence-electron chi connectivity index (χ4n) is 3.34. The summed E-state index contributed by atoms with van der Waals surface area (Å²) in [6.45, 7) is 8.09. The number of carbonyl (C=O) groups excluding carboxylic acids is 1. The maximum absolute atomic E-state index is 12.3. The van der Waals surface area contributed by atoms with Crippen molar-refractivity contribution in [2.24, 2.45) is 0 Å². The van der Waals surface area contributed by atoms with Crippen LogP contribution in [-0.4, -0.2) is 43.6 Å². The summed E-state index contributed by atoms with van der Waals surface area (Å²) in [6.07, 6.45) is 4.87. The molecule has 8 heteroatoms. The van der Waals surface area contributed by atoms with Gasteiger partial charge in [0.2, 0.25) is 0 Å². The molecule has 2 heterocycles. The molecule has 1 amide bonds. The van der Waals surface area contributed by atoms with Gasteiger partial charge in [0.15, 0.2) is 11.5 Å². The zero-order valence-corrected chi connectivity index (χ0v) is 16.0. The number of anilines is 1. The highest BCUT2D eigenvalue weighted by atomic mass is 16.6. The first-order chi connectivity index (χ1) is 12.3. The zero-order chi connectivity index (χ0) is 18.8. The molecule has 8 nitrogen and oxygen atoms in total. The van der Waals surface area contributed by atoms with Gasteiger partial charge in [0.1, 0.15) is 11.4 Å². The third kappa shape index (κ3) is 4.42. The molecule has 0 spiro atoms. The number of hydrogen-bond donors (Lipinski definition) is 2. The van der Waals surface area contributed by atoms with Gasteiger partial charge in [0, 0.05) is 6.54 Å². The highest BCUT2D eigenvalue weighted by molar-refractivity contribution is 5.69. The average Bonchev–Trinajstić information content (AvgIpc) is 2.93. The number of nitrogens with one attached hydrogen (secondary N) is 2. The molecule has 2 aromatic rings. The number of hydrogen-bond acceptors (Lipinski definition) is 6. The van der Waals surface area contributed by atoms with Gasteiger partial charge in [-0.3, -0.25) is 0 Å². The summed E-state index contributed by atoms with van der Waals surface area (Å²) in [6, 6.07) is 3.76. The van der Waals surface area contributed by atoms with Crippen LogP contribution in [-0.2, 0) is 4.74 Å². The van der Waals surface area contributed by atoms with Crippen molar-refractivity contribution >= 4 is 17.6 Å². The lowest BCUT2D eigenvalue weighted by Crippen LogP contribution is -2.55. The summed E-state index contributed by atoms with van der Waals surface area (Å²) in [7, 11) is 0. The molecule has 0 atom stereocenters. The van der Waals surface area contributed by atoms with Crippen LogP contribution >= 0.6 is 0 Å². The van der Waals surface area contributed by atoms with Crippen LogP contribution in [0.3, 0.4) is 0 Å². The highest BCUT2D eigenvalue weighted by Gasteiger charge is 2.35. The van der Waals surface area contributed by atoms with E-state index in [0.29, 0.717) is 12.2 Å². The van der Waals surface area contributed by atoms with Crippen molar-refractivity contribution in [1.29, 1.82) is 0 Å². The van der Waals surface area contributed by atoms with Crippen LogP contribution in [0, 0.1) is 6.92 Å². The first-order valence-electron chi connectivity index (χ1n) is 9.21. The number of aromatic nitrogens is 4. The van der Waals surface area contributed by atoms with Gasteiger partial charge in [-0.15, -0.1) is 15.3 Å². The third-order valence-electron chi connectivity index (χ3n) is 4.60. The van der Waals surface area contributed by atoms with Gasteiger partial charge in [0.25, 0.3) is 0 Å². The van der Waals surface area contributed by atoms with Crippen LogP contribution < -0.4 is 10.6 Å². The number of amides is 1. The minimum Gasteiger partial charge on any atom is -0.444 e. The van der Waals surface area contributed by atoms with E-state index < -0.39 is 5.60 Å². The molecule has 0 aromatic carbocycles. The van der Waals surface area contributed by atoms with Crippen LogP contribution in [0.15, 0.2) is 12.1 Å². The number of nitrogens with zero attached hydrogens (tertiary/aromatic N) is 4. The van der Waals surface area contributed by atoms with E-state index in [1.807, 2.05) is 39.8 Å². The molecule has 0 saturated heterocycles. The Bertz CT molecular complexity index is 774. The Labute approximate surface area is 153 Å². The predicted octanol–water partition coefficient (Wildman–Crippen LogP) is 3.07. The molecule has 0 aliphatic heterocycles. The molecule has 26 heavy (non-hydrogen) atoms. The Morgan fingerprint density at radius 1 is 1.23 bits per heavy atom. The second-order valence-electron chi connectivity index (χ2n) is 8.06. The molecule has 0 radical (unpaired) electrons. The van der Waals surface area contributed by atoms with Gasteiger partial charge in [-0.05, 0) is 52.7 Å². The predicted molar refractivity (Wildman–Crippen MR) is 99.2 cm³/mol. The third-order valence-corrected chi connectivity index (χ3v) is 4.60. The largest absolute Gasteiger partial charge is 0.444 e. The fraction of sp³-hybridized carbons (Fsp3) is 0.667. The van der Waals surface area contributed by atoms with Gasteiger partial charge in [0.05, 0.1) is 5.54 Å². The second kappa shape index (κ2) is 7.09. The molecular formula is C18H28N6O2. The topological polar surface area (TPSA) is 93.4 Å². The molecule has 3 rings (SSSR count). The van der Waals surface area contributed by atoms with E-state index in [1.54, 1.807) is 4.52 Å². The van der Waals surface area contributed by atoms with E-state index in [-0.39, 0.29) is 11.6 Å². The molecule has 0 unspecified atom stereocenters. The molecule has 2 N–H and O–H groups in total.